The summed E-state index contributed by atoms with van der Waals surface area (Å²) in [5.41, 5.74) is 4.09. The van der Waals surface area contributed by atoms with Crippen molar-refractivity contribution in [3.63, 3.8) is 0 Å². The van der Waals surface area contributed by atoms with Gasteiger partial charge in [0.15, 0.2) is 0 Å². The van der Waals surface area contributed by atoms with E-state index in [9.17, 15) is 9.59 Å². The predicted molar refractivity (Wildman–Crippen MR) is 104 cm³/mol. The van der Waals surface area contributed by atoms with Gasteiger partial charge in [0.2, 0.25) is 5.91 Å². The van der Waals surface area contributed by atoms with E-state index < -0.39 is 0 Å². The summed E-state index contributed by atoms with van der Waals surface area (Å²) in [4.78, 5) is 23.2. The van der Waals surface area contributed by atoms with E-state index >= 15 is 0 Å². The molecule has 2 N–H and O–H groups in total. The van der Waals surface area contributed by atoms with Gasteiger partial charge in [-0.05, 0) is 60.9 Å². The molecule has 1 atom stereocenters. The quantitative estimate of drug-likeness (QED) is 0.802. The first-order chi connectivity index (χ1) is 12.5. The number of carbonyl (C=O) groups is 2. The molecule has 136 valence electrons. The summed E-state index contributed by atoms with van der Waals surface area (Å²) in [6.45, 7) is 4.33. The van der Waals surface area contributed by atoms with Crippen LogP contribution in [0.25, 0.3) is 11.1 Å². The highest BCUT2D eigenvalue weighted by atomic mass is 16.2. The van der Waals surface area contributed by atoms with Gasteiger partial charge >= 0.3 is 0 Å². The Bertz CT molecular complexity index is 762. The maximum Gasteiger partial charge on any atom is 0.251 e. The van der Waals surface area contributed by atoms with Crippen molar-refractivity contribution in [2.45, 2.75) is 39.2 Å². The molecule has 1 unspecified atom stereocenters. The molecule has 1 saturated carbocycles. The number of rotatable bonds is 7. The zero-order valence-corrected chi connectivity index (χ0v) is 15.4. The Labute approximate surface area is 155 Å². The van der Waals surface area contributed by atoms with Gasteiger partial charge in [-0.3, -0.25) is 9.59 Å². The predicted octanol–water partition coefficient (Wildman–Crippen LogP) is 3.56. The molecule has 2 amide bonds. The topological polar surface area (TPSA) is 58.2 Å². The fraction of sp³-hybridized carbons (Fsp3) is 0.364. The lowest BCUT2D eigenvalue weighted by Gasteiger charge is -2.13. The minimum atomic E-state index is -0.00428. The summed E-state index contributed by atoms with van der Waals surface area (Å²) in [7, 11) is 0. The van der Waals surface area contributed by atoms with Crippen molar-refractivity contribution in [3.8, 4) is 11.1 Å². The molecule has 2 aromatic rings. The van der Waals surface area contributed by atoms with Gasteiger partial charge in [0.25, 0.3) is 5.91 Å². The van der Waals surface area contributed by atoms with Crippen LogP contribution < -0.4 is 10.6 Å². The van der Waals surface area contributed by atoms with E-state index in [-0.39, 0.29) is 17.9 Å². The Morgan fingerprint density at radius 2 is 1.58 bits per heavy atom. The average molecular weight is 350 g/mol. The molecule has 4 nitrogen and oxygen atoms in total. The zero-order valence-electron chi connectivity index (χ0n) is 15.4. The van der Waals surface area contributed by atoms with Crippen molar-refractivity contribution >= 4 is 11.8 Å². The van der Waals surface area contributed by atoms with E-state index in [4.69, 9.17) is 0 Å². The lowest BCUT2D eigenvalue weighted by molar-refractivity contribution is -0.119. The summed E-state index contributed by atoms with van der Waals surface area (Å²) in [6, 6.07) is 16.2. The minimum Gasteiger partial charge on any atom is -0.354 e. The van der Waals surface area contributed by atoms with Crippen molar-refractivity contribution in [2.75, 3.05) is 6.54 Å². The monoisotopic (exact) mass is 350 g/mol. The highest BCUT2D eigenvalue weighted by Gasteiger charge is 2.21. The van der Waals surface area contributed by atoms with Crippen molar-refractivity contribution in [1.29, 1.82) is 0 Å². The summed E-state index contributed by atoms with van der Waals surface area (Å²) in [6.07, 6.45) is 3.28. The van der Waals surface area contributed by atoms with Gasteiger partial charge in [0, 0.05) is 25.1 Å². The van der Waals surface area contributed by atoms with Crippen LogP contribution >= 0.6 is 0 Å². The highest BCUT2D eigenvalue weighted by Crippen LogP contribution is 2.27. The van der Waals surface area contributed by atoms with E-state index in [2.05, 4.69) is 34.9 Å². The zero-order chi connectivity index (χ0) is 18.5. The Balaban J connectivity index is 1.59. The van der Waals surface area contributed by atoms with E-state index in [1.165, 1.54) is 25.3 Å². The van der Waals surface area contributed by atoms with E-state index in [0.717, 1.165) is 24.1 Å². The van der Waals surface area contributed by atoms with Gasteiger partial charge in [-0.1, -0.05) is 36.4 Å². The molecule has 2 aromatic carbocycles. The second-order valence-electron chi connectivity index (χ2n) is 7.23. The molecule has 0 saturated heterocycles. The van der Waals surface area contributed by atoms with E-state index in [1.807, 2.05) is 31.2 Å². The number of benzene rings is 2. The molecule has 1 aliphatic carbocycles. The molecule has 0 heterocycles. The number of hydrogen-bond donors (Lipinski definition) is 2. The van der Waals surface area contributed by atoms with Crippen LogP contribution in [0.1, 0.15) is 42.6 Å². The van der Waals surface area contributed by atoms with Crippen molar-refractivity contribution in [1.82, 2.24) is 10.6 Å². The minimum absolute atomic E-state index is 0.00428. The molecule has 3 rings (SSSR count). The second-order valence-corrected chi connectivity index (χ2v) is 7.23. The molecule has 0 aromatic heterocycles. The van der Waals surface area contributed by atoms with Crippen LogP contribution in [0.5, 0.6) is 0 Å². The second kappa shape index (κ2) is 8.17. The Morgan fingerprint density at radius 3 is 2.12 bits per heavy atom. The summed E-state index contributed by atoms with van der Waals surface area (Å²) in [5, 5.41) is 5.89. The van der Waals surface area contributed by atoms with Gasteiger partial charge in [-0.2, -0.15) is 0 Å². The molecule has 26 heavy (non-hydrogen) atoms. The number of amides is 2. The average Bonchev–Trinajstić information content (AvgIpc) is 3.44. The van der Waals surface area contributed by atoms with Crippen LogP contribution in [0.4, 0.5) is 0 Å². The van der Waals surface area contributed by atoms with Crippen molar-refractivity contribution in [3.05, 3.63) is 59.7 Å². The highest BCUT2D eigenvalue weighted by molar-refractivity contribution is 5.94. The molecule has 4 heteroatoms. The Hall–Kier alpha value is -2.62. The third-order valence-electron chi connectivity index (χ3n) is 4.67. The summed E-state index contributed by atoms with van der Waals surface area (Å²) in [5.74, 6) is 0.686. The van der Waals surface area contributed by atoms with E-state index in [0.29, 0.717) is 11.5 Å². The molecule has 0 radical (unpaired) electrons. The van der Waals surface area contributed by atoms with Crippen LogP contribution in [-0.2, 0) is 11.2 Å². The first-order valence-electron chi connectivity index (χ1n) is 9.26. The van der Waals surface area contributed by atoms with Gasteiger partial charge in [0.1, 0.15) is 0 Å². The third-order valence-corrected chi connectivity index (χ3v) is 4.67. The maximum absolute atomic E-state index is 12.1. The molecular weight excluding hydrogens is 324 g/mol. The standard InChI is InChI=1S/C22H26N2O2/c1-15(24-16(2)25)13-17-5-7-19(8-6-17)20-9-11-21(12-10-20)22(26)23-14-18-3-4-18/h5-12,15,18H,3-4,13-14H2,1-2H3,(H,23,26)(H,24,25). The molecule has 0 bridgehead atoms. The summed E-state index contributed by atoms with van der Waals surface area (Å²) >= 11 is 0. The van der Waals surface area contributed by atoms with Gasteiger partial charge < -0.3 is 10.6 Å². The van der Waals surface area contributed by atoms with Gasteiger partial charge in [-0.15, -0.1) is 0 Å². The molecule has 1 aliphatic rings. The van der Waals surface area contributed by atoms with Crippen LogP contribution in [0, 0.1) is 5.92 Å². The third kappa shape index (κ3) is 5.19. The van der Waals surface area contributed by atoms with Crippen molar-refractivity contribution in [2.24, 2.45) is 5.92 Å². The number of carbonyl (C=O) groups excluding carboxylic acids is 2. The molecule has 0 aliphatic heterocycles. The summed E-state index contributed by atoms with van der Waals surface area (Å²) < 4.78 is 0. The lowest BCUT2D eigenvalue weighted by Crippen LogP contribution is -2.31. The number of nitrogens with one attached hydrogen (secondary N) is 2. The SMILES string of the molecule is CC(=O)NC(C)Cc1ccc(-c2ccc(C(=O)NCC3CC3)cc2)cc1. The molecular formula is C22H26N2O2. The van der Waals surface area contributed by atoms with Crippen LogP contribution in [-0.4, -0.2) is 24.4 Å². The fourth-order valence-electron chi connectivity index (χ4n) is 3.06. The van der Waals surface area contributed by atoms with Crippen LogP contribution in [0.3, 0.4) is 0 Å². The van der Waals surface area contributed by atoms with E-state index in [1.54, 1.807) is 0 Å². The lowest BCUT2D eigenvalue weighted by atomic mass is 10.00. The van der Waals surface area contributed by atoms with Gasteiger partial charge in [0.05, 0.1) is 0 Å². The first kappa shape index (κ1) is 18.2. The smallest absolute Gasteiger partial charge is 0.251 e. The largest absolute Gasteiger partial charge is 0.354 e. The first-order valence-corrected chi connectivity index (χ1v) is 9.26. The Kier molecular flexibility index (Phi) is 5.71. The number of hydrogen-bond acceptors (Lipinski definition) is 2. The molecule has 1 fully saturated rings. The Morgan fingerprint density at radius 1 is 1.00 bits per heavy atom. The normalized spacial score (nSPS) is 14.5. The molecule has 0 spiro atoms. The van der Waals surface area contributed by atoms with Gasteiger partial charge in [-0.25, -0.2) is 0 Å². The van der Waals surface area contributed by atoms with Crippen LogP contribution in [0.15, 0.2) is 48.5 Å². The fourth-order valence-corrected chi connectivity index (χ4v) is 3.06. The maximum atomic E-state index is 12.1. The van der Waals surface area contributed by atoms with Crippen LogP contribution in [0.2, 0.25) is 0 Å². The van der Waals surface area contributed by atoms with Crippen molar-refractivity contribution < 1.29 is 9.59 Å².